The number of hydrogen-bond donors (Lipinski definition) is 1. The van der Waals surface area contributed by atoms with E-state index >= 15 is 0 Å². The molecule has 0 aromatic rings. The third-order valence-corrected chi connectivity index (χ3v) is 2.25. The maximum absolute atomic E-state index is 8.58. The van der Waals surface area contributed by atoms with Gasteiger partial charge in [-0.15, -0.1) is 12.8 Å². The number of hydrogen-bond acceptors (Lipinski definition) is 3. The molecule has 0 aromatic heterocycles. The summed E-state index contributed by atoms with van der Waals surface area (Å²) in [5.41, 5.74) is -0.0933. The molecule has 0 saturated carbocycles. The van der Waals surface area contributed by atoms with Gasteiger partial charge in [-0.2, -0.15) is 0 Å². The molecule has 0 aliphatic carbocycles. The Labute approximate surface area is 107 Å². The average Bonchev–Trinajstić information content (AvgIpc) is 2.35. The summed E-state index contributed by atoms with van der Waals surface area (Å²) in [4.78, 5) is 8.16. The molecule has 0 heterocycles. The van der Waals surface area contributed by atoms with Crippen LogP contribution in [0.4, 0.5) is 0 Å². The Hall–Kier alpha value is -1.14. The van der Waals surface area contributed by atoms with Crippen molar-refractivity contribution in [2.24, 2.45) is 21.3 Å². The van der Waals surface area contributed by atoms with Crippen molar-refractivity contribution in [3.05, 3.63) is 0 Å². The maximum Gasteiger partial charge on any atom is 0.0626 e. The number of rotatable bonds is 5. The van der Waals surface area contributed by atoms with Crippen LogP contribution >= 0.6 is 0 Å². The van der Waals surface area contributed by atoms with Gasteiger partial charge in [-0.1, -0.05) is 27.7 Å². The van der Waals surface area contributed by atoms with Crippen LogP contribution in [0.3, 0.4) is 0 Å². The van der Waals surface area contributed by atoms with Crippen LogP contribution in [0, 0.1) is 24.2 Å². The smallest absolute Gasteiger partial charge is 0.0626 e. The summed E-state index contributed by atoms with van der Waals surface area (Å²) in [5, 5.41) is 8.58. The Bertz CT molecular complexity index is 220. The van der Waals surface area contributed by atoms with Crippen LogP contribution in [0.2, 0.25) is 0 Å². The average molecular weight is 240 g/mol. The molecule has 3 nitrogen and oxygen atoms in total. The summed E-state index contributed by atoms with van der Waals surface area (Å²) in [6, 6.07) is 0. The lowest BCUT2D eigenvalue weighted by Crippen LogP contribution is -2.27. The van der Waals surface area contributed by atoms with Gasteiger partial charge in [0.05, 0.1) is 13.2 Å². The maximum atomic E-state index is 8.58. The monoisotopic (exact) mass is 240 g/mol. The first-order valence-corrected chi connectivity index (χ1v) is 5.95. The molecule has 0 aliphatic rings. The van der Waals surface area contributed by atoms with E-state index in [-0.39, 0.29) is 12.0 Å². The number of terminal acetylenes is 1. The highest BCUT2D eigenvalue weighted by Gasteiger charge is 2.23. The molecule has 1 atom stereocenters. The second-order valence-electron chi connectivity index (χ2n) is 3.67. The van der Waals surface area contributed by atoms with Gasteiger partial charge in [-0.05, 0) is 12.8 Å². The Morgan fingerprint density at radius 3 is 2.00 bits per heavy atom. The first-order valence-electron chi connectivity index (χ1n) is 5.95. The SMILES string of the molecule is C#C.CC.CN=CC(C)(C=NCCO)C(C)C. The van der Waals surface area contributed by atoms with Crippen LogP contribution in [-0.2, 0) is 0 Å². The summed E-state index contributed by atoms with van der Waals surface area (Å²) < 4.78 is 0. The Morgan fingerprint density at radius 2 is 1.71 bits per heavy atom. The van der Waals surface area contributed by atoms with Crippen molar-refractivity contribution in [3.8, 4) is 12.8 Å². The summed E-state index contributed by atoms with van der Waals surface area (Å²) >= 11 is 0. The molecule has 3 heteroatoms. The van der Waals surface area contributed by atoms with Crippen molar-refractivity contribution in [1.82, 2.24) is 0 Å². The lowest BCUT2D eigenvalue weighted by Gasteiger charge is -2.24. The fourth-order valence-corrected chi connectivity index (χ4v) is 0.929. The molecule has 17 heavy (non-hydrogen) atoms. The number of aliphatic hydroxyl groups excluding tert-OH is 1. The van der Waals surface area contributed by atoms with Crippen molar-refractivity contribution in [1.29, 1.82) is 0 Å². The molecule has 0 amide bonds. The molecule has 0 saturated heterocycles. The van der Waals surface area contributed by atoms with E-state index in [1.807, 2.05) is 26.3 Å². The van der Waals surface area contributed by atoms with Gasteiger partial charge in [0.1, 0.15) is 0 Å². The summed E-state index contributed by atoms with van der Waals surface area (Å²) in [7, 11) is 1.76. The third kappa shape index (κ3) is 11.1. The van der Waals surface area contributed by atoms with E-state index in [0.717, 1.165) is 0 Å². The van der Waals surface area contributed by atoms with Gasteiger partial charge in [0.15, 0.2) is 0 Å². The van der Waals surface area contributed by atoms with Crippen LogP contribution in [0.25, 0.3) is 0 Å². The molecule has 0 spiro atoms. The molecule has 0 rings (SSSR count). The summed E-state index contributed by atoms with van der Waals surface area (Å²) in [6.07, 6.45) is 11.8. The van der Waals surface area contributed by atoms with Gasteiger partial charge in [-0.25, -0.2) is 0 Å². The molecular weight excluding hydrogens is 212 g/mol. The predicted molar refractivity (Wildman–Crippen MR) is 79.0 cm³/mol. The fourth-order valence-electron chi connectivity index (χ4n) is 0.929. The van der Waals surface area contributed by atoms with Crippen LogP contribution in [-0.4, -0.2) is 37.7 Å². The Kier molecular flexibility index (Phi) is 18.5. The topological polar surface area (TPSA) is 45.0 Å². The molecule has 1 N–H and O–H groups in total. The number of nitrogens with zero attached hydrogens (tertiary/aromatic N) is 2. The molecule has 0 bridgehead atoms. The highest BCUT2D eigenvalue weighted by Crippen LogP contribution is 2.22. The van der Waals surface area contributed by atoms with Crippen molar-refractivity contribution in [3.63, 3.8) is 0 Å². The van der Waals surface area contributed by atoms with Crippen LogP contribution in [0.5, 0.6) is 0 Å². The van der Waals surface area contributed by atoms with Crippen LogP contribution in [0.1, 0.15) is 34.6 Å². The largest absolute Gasteiger partial charge is 0.394 e. The van der Waals surface area contributed by atoms with E-state index < -0.39 is 0 Å². The lowest BCUT2D eigenvalue weighted by molar-refractivity contribution is 0.306. The minimum absolute atomic E-state index is 0.0933. The predicted octanol–water partition coefficient (Wildman–Crippen LogP) is 2.69. The third-order valence-electron chi connectivity index (χ3n) is 2.25. The van der Waals surface area contributed by atoms with Gasteiger partial charge in [0.25, 0.3) is 0 Å². The van der Waals surface area contributed by atoms with Gasteiger partial charge in [0, 0.05) is 24.9 Å². The quantitative estimate of drug-likeness (QED) is 0.583. The van der Waals surface area contributed by atoms with E-state index in [1.54, 1.807) is 7.05 Å². The van der Waals surface area contributed by atoms with E-state index in [4.69, 9.17) is 5.11 Å². The van der Waals surface area contributed by atoms with E-state index in [1.165, 1.54) is 0 Å². The lowest BCUT2D eigenvalue weighted by atomic mass is 9.81. The second kappa shape index (κ2) is 14.9. The highest BCUT2D eigenvalue weighted by molar-refractivity contribution is 5.88. The van der Waals surface area contributed by atoms with Crippen molar-refractivity contribution in [2.75, 3.05) is 20.2 Å². The normalized spacial score (nSPS) is 13.8. The van der Waals surface area contributed by atoms with Crippen LogP contribution in [0.15, 0.2) is 9.98 Å². The zero-order valence-corrected chi connectivity index (χ0v) is 12.1. The number of aliphatic hydroxyl groups is 1. The first kappa shape index (κ1) is 21.2. The Morgan fingerprint density at radius 1 is 1.24 bits per heavy atom. The van der Waals surface area contributed by atoms with Gasteiger partial charge in [-0.3, -0.25) is 9.98 Å². The molecule has 0 aromatic carbocycles. The Balaban J connectivity index is -0.000000439. The standard InChI is InChI=1S/C10H20N2O.C2H6.C2H2/c1-9(2)10(3,7-11-4)8-12-5-6-13;2*1-2/h7-9,13H,5-6H2,1-4H3;1-2H3;1-2H. The molecule has 0 aliphatic heterocycles. The van der Waals surface area contributed by atoms with E-state index in [9.17, 15) is 0 Å². The zero-order valence-electron chi connectivity index (χ0n) is 12.1. The van der Waals surface area contributed by atoms with Gasteiger partial charge in [0.2, 0.25) is 0 Å². The van der Waals surface area contributed by atoms with Gasteiger partial charge >= 0.3 is 0 Å². The van der Waals surface area contributed by atoms with Gasteiger partial charge < -0.3 is 5.11 Å². The fraction of sp³-hybridized carbons (Fsp3) is 0.714. The van der Waals surface area contributed by atoms with Crippen molar-refractivity contribution in [2.45, 2.75) is 34.6 Å². The van der Waals surface area contributed by atoms with E-state index in [2.05, 4.69) is 43.6 Å². The minimum atomic E-state index is -0.0933. The van der Waals surface area contributed by atoms with Crippen molar-refractivity contribution < 1.29 is 5.11 Å². The molecular formula is C14H28N2O. The second-order valence-corrected chi connectivity index (χ2v) is 3.67. The summed E-state index contributed by atoms with van der Waals surface area (Å²) in [5.74, 6) is 0.457. The van der Waals surface area contributed by atoms with E-state index in [0.29, 0.717) is 12.5 Å². The van der Waals surface area contributed by atoms with Crippen molar-refractivity contribution >= 4 is 12.4 Å². The molecule has 100 valence electrons. The zero-order chi connectivity index (χ0) is 14.3. The highest BCUT2D eigenvalue weighted by atomic mass is 16.3. The number of aliphatic imine (C=N–C) groups is 2. The first-order chi connectivity index (χ1) is 8.06. The molecule has 0 radical (unpaired) electrons. The minimum Gasteiger partial charge on any atom is -0.394 e. The molecule has 0 fully saturated rings. The summed E-state index contributed by atoms with van der Waals surface area (Å²) in [6.45, 7) is 10.9. The molecule has 1 unspecified atom stereocenters. The van der Waals surface area contributed by atoms with Crippen LogP contribution < -0.4 is 0 Å².